The van der Waals surface area contributed by atoms with Crippen molar-refractivity contribution in [3.63, 3.8) is 0 Å². The van der Waals surface area contributed by atoms with Crippen LogP contribution in [-0.2, 0) is 9.53 Å². The minimum Gasteiger partial charge on any atom is -0.469 e. The molecule has 3 aromatic rings. The zero-order valence-electron chi connectivity index (χ0n) is 18.6. The first kappa shape index (κ1) is 23.6. The van der Waals surface area contributed by atoms with Crippen LogP contribution in [0.3, 0.4) is 0 Å². The molecule has 1 aliphatic heterocycles. The van der Waals surface area contributed by atoms with Crippen LogP contribution in [0, 0.1) is 15.9 Å². The highest BCUT2D eigenvalue weighted by Crippen LogP contribution is 2.37. The van der Waals surface area contributed by atoms with Gasteiger partial charge < -0.3 is 4.74 Å². The summed E-state index contributed by atoms with van der Waals surface area (Å²) in [5, 5.41) is 20.9. The number of aliphatic imine (C=N–C) groups is 1. The van der Waals surface area contributed by atoms with Crippen LogP contribution >= 0.6 is 11.8 Å². The molecule has 176 valence electrons. The van der Waals surface area contributed by atoms with Crippen LogP contribution in [-0.4, -0.2) is 44.2 Å². The van der Waals surface area contributed by atoms with E-state index >= 15 is 0 Å². The summed E-state index contributed by atoms with van der Waals surface area (Å²) in [5.74, 6) is 0.341. The molecule has 34 heavy (non-hydrogen) atoms. The molecule has 0 unspecified atom stereocenters. The molecule has 0 saturated carbocycles. The van der Waals surface area contributed by atoms with Gasteiger partial charge in [0.2, 0.25) is 0 Å². The quantitative estimate of drug-likeness (QED) is 0.198. The molecule has 9 nitrogen and oxygen atoms in total. The highest BCUT2D eigenvalue weighted by atomic mass is 32.2. The Bertz CT molecular complexity index is 1280. The van der Waals surface area contributed by atoms with E-state index in [-0.39, 0.29) is 29.8 Å². The Kier molecular flexibility index (Phi) is 7.01. The van der Waals surface area contributed by atoms with Gasteiger partial charge in [-0.3, -0.25) is 24.5 Å². The fraction of sp³-hybridized carbons (Fsp3) is 0.304. The number of non-ortho nitro benzene ring substituents is 1. The fourth-order valence-electron chi connectivity index (χ4n) is 3.73. The Morgan fingerprint density at radius 3 is 2.74 bits per heavy atom. The first-order chi connectivity index (χ1) is 16.4. The van der Waals surface area contributed by atoms with Crippen LogP contribution in [0.5, 0.6) is 0 Å². The number of hydrogen-bond donors (Lipinski definition) is 0. The summed E-state index contributed by atoms with van der Waals surface area (Å²) in [7, 11) is 1.31. The van der Waals surface area contributed by atoms with Gasteiger partial charge >= 0.3 is 5.97 Å². The third-order valence-corrected chi connectivity index (χ3v) is 6.48. The molecule has 0 bridgehead atoms. The van der Waals surface area contributed by atoms with Crippen molar-refractivity contribution in [2.75, 3.05) is 12.9 Å². The number of methoxy groups -OCH3 is 1. The molecule has 0 N–H and O–H groups in total. The van der Waals surface area contributed by atoms with Gasteiger partial charge in [-0.1, -0.05) is 30.8 Å². The molecule has 1 aromatic heterocycles. The summed E-state index contributed by atoms with van der Waals surface area (Å²) in [4.78, 5) is 27.8. The van der Waals surface area contributed by atoms with Gasteiger partial charge in [-0.2, -0.15) is 0 Å². The van der Waals surface area contributed by atoms with E-state index in [1.807, 2.05) is 6.92 Å². The maximum atomic E-state index is 14.9. The molecule has 0 aliphatic carbocycles. The zero-order valence-corrected chi connectivity index (χ0v) is 19.4. The van der Waals surface area contributed by atoms with Crippen LogP contribution in [0.2, 0.25) is 0 Å². The molecular formula is C23H22FN5O4S. The van der Waals surface area contributed by atoms with E-state index in [9.17, 15) is 19.3 Å². The second-order valence-electron chi connectivity index (χ2n) is 7.57. The van der Waals surface area contributed by atoms with Crippen molar-refractivity contribution in [2.45, 2.75) is 37.4 Å². The Morgan fingerprint density at radius 1 is 1.24 bits per heavy atom. The van der Waals surface area contributed by atoms with E-state index in [1.54, 1.807) is 28.8 Å². The van der Waals surface area contributed by atoms with Crippen LogP contribution < -0.4 is 0 Å². The second kappa shape index (κ2) is 10.1. The first-order valence-corrected chi connectivity index (χ1v) is 11.7. The summed E-state index contributed by atoms with van der Waals surface area (Å²) in [5.41, 5.74) is 1.26. The zero-order chi connectivity index (χ0) is 24.2. The van der Waals surface area contributed by atoms with E-state index in [0.29, 0.717) is 22.2 Å². The van der Waals surface area contributed by atoms with E-state index in [4.69, 9.17) is 9.73 Å². The number of aromatic nitrogens is 3. The summed E-state index contributed by atoms with van der Waals surface area (Å²) >= 11 is 1.50. The molecule has 4 rings (SSSR count). The highest BCUT2D eigenvalue weighted by Gasteiger charge is 2.31. The van der Waals surface area contributed by atoms with E-state index < -0.39 is 22.8 Å². The minimum absolute atomic E-state index is 0.0655. The first-order valence-electron chi connectivity index (χ1n) is 10.7. The Morgan fingerprint density at radius 2 is 2.03 bits per heavy atom. The molecule has 0 saturated heterocycles. The average Bonchev–Trinajstić information content (AvgIpc) is 3.20. The number of hydrogen-bond acceptors (Lipinski definition) is 8. The van der Waals surface area contributed by atoms with E-state index in [0.717, 1.165) is 12.2 Å². The van der Waals surface area contributed by atoms with Crippen molar-refractivity contribution < 1.29 is 18.8 Å². The van der Waals surface area contributed by atoms with Crippen LogP contribution in [0.1, 0.15) is 49.2 Å². The topological polar surface area (TPSA) is 113 Å². The maximum Gasteiger partial charge on any atom is 0.305 e. The van der Waals surface area contributed by atoms with Crippen molar-refractivity contribution in [3.05, 3.63) is 75.3 Å². The lowest BCUT2D eigenvalue weighted by Gasteiger charge is -2.13. The van der Waals surface area contributed by atoms with E-state index in [2.05, 4.69) is 10.2 Å². The number of thioether (sulfide) groups is 1. The number of nitrogens with zero attached hydrogens (tertiary/aromatic N) is 5. The lowest BCUT2D eigenvalue weighted by atomic mass is 9.99. The molecule has 11 heteroatoms. The number of halogens is 1. The van der Waals surface area contributed by atoms with Crippen molar-refractivity contribution in [1.82, 2.24) is 14.8 Å². The number of benzene rings is 2. The standard InChI is InChI=1S/C23H22FN5O4S/c1-3-12-34-23-27-26-22-18(9-11-20(30)33-2)25-21(15-6-4-5-7-17(15)24)16-13-14(29(31)32)8-10-19(16)28(22)23/h4-8,10,13,18H,3,9,11-12H2,1-2H3/t18-/m0/s1. The molecular weight excluding hydrogens is 461 g/mol. The minimum atomic E-state index is -0.649. The number of rotatable bonds is 8. The number of nitro groups is 1. The third kappa shape index (κ3) is 4.56. The summed E-state index contributed by atoms with van der Waals surface area (Å²) in [6.07, 6.45) is 1.22. The third-order valence-electron chi connectivity index (χ3n) is 5.34. The number of fused-ring (bicyclic) bond motifs is 3. The molecule has 1 aliphatic rings. The Hall–Kier alpha value is -3.60. The molecule has 2 heterocycles. The molecule has 0 fully saturated rings. The van der Waals surface area contributed by atoms with Crippen molar-refractivity contribution in [1.29, 1.82) is 0 Å². The molecule has 0 amide bonds. The number of carbonyl (C=O) groups is 1. The van der Waals surface area contributed by atoms with Gasteiger partial charge in [0.05, 0.1) is 23.4 Å². The monoisotopic (exact) mass is 483 g/mol. The van der Waals surface area contributed by atoms with Gasteiger partial charge in [0.1, 0.15) is 11.9 Å². The van der Waals surface area contributed by atoms with Gasteiger partial charge in [-0.05, 0) is 31.0 Å². The van der Waals surface area contributed by atoms with Gasteiger partial charge in [-0.25, -0.2) is 4.39 Å². The lowest BCUT2D eigenvalue weighted by Crippen LogP contribution is -2.10. The van der Waals surface area contributed by atoms with Gasteiger partial charge in [0.15, 0.2) is 11.0 Å². The highest BCUT2D eigenvalue weighted by molar-refractivity contribution is 7.99. The largest absolute Gasteiger partial charge is 0.469 e. The lowest BCUT2D eigenvalue weighted by molar-refractivity contribution is -0.384. The van der Waals surface area contributed by atoms with Crippen molar-refractivity contribution in [3.8, 4) is 5.69 Å². The number of ether oxygens (including phenoxy) is 1. The predicted octanol–water partition coefficient (Wildman–Crippen LogP) is 4.66. The summed E-state index contributed by atoms with van der Waals surface area (Å²) in [6, 6.07) is 9.87. The van der Waals surface area contributed by atoms with Crippen molar-refractivity contribution >= 4 is 29.1 Å². The van der Waals surface area contributed by atoms with Gasteiger partial charge in [-0.15, -0.1) is 10.2 Å². The number of esters is 1. The molecule has 2 aromatic carbocycles. The second-order valence-corrected chi connectivity index (χ2v) is 8.63. The average molecular weight is 484 g/mol. The van der Waals surface area contributed by atoms with Crippen LogP contribution in [0.15, 0.2) is 52.6 Å². The Labute approximate surface area is 199 Å². The fourth-order valence-corrected chi connectivity index (χ4v) is 4.54. The normalized spacial score (nSPS) is 14.6. The Balaban J connectivity index is 1.98. The summed E-state index contributed by atoms with van der Waals surface area (Å²) < 4.78 is 21.5. The van der Waals surface area contributed by atoms with Crippen molar-refractivity contribution in [2.24, 2.45) is 4.99 Å². The molecule has 0 spiro atoms. The van der Waals surface area contributed by atoms with Crippen LogP contribution in [0.25, 0.3) is 5.69 Å². The molecule has 0 radical (unpaired) electrons. The smallest absolute Gasteiger partial charge is 0.305 e. The van der Waals surface area contributed by atoms with Gasteiger partial charge in [0, 0.05) is 35.4 Å². The number of nitro benzene ring substituents is 1. The molecule has 1 atom stereocenters. The predicted molar refractivity (Wildman–Crippen MR) is 125 cm³/mol. The summed E-state index contributed by atoms with van der Waals surface area (Å²) in [6.45, 7) is 2.04. The maximum absolute atomic E-state index is 14.9. The van der Waals surface area contributed by atoms with Gasteiger partial charge in [0.25, 0.3) is 5.69 Å². The number of carbonyl (C=O) groups excluding carboxylic acids is 1. The SMILES string of the molecule is CCCSc1nnc2n1-c1ccc([N+](=O)[O-])cc1C(c1ccccc1F)=N[C@H]2CCC(=O)OC. The van der Waals surface area contributed by atoms with Crippen LogP contribution in [0.4, 0.5) is 10.1 Å². The van der Waals surface area contributed by atoms with E-state index in [1.165, 1.54) is 37.1 Å².